The van der Waals surface area contributed by atoms with Crippen molar-refractivity contribution in [1.29, 1.82) is 0 Å². The molecular weight excluding hydrogens is 382 g/mol. The average Bonchev–Trinajstić information content (AvgIpc) is 3.45. The first-order valence-electron chi connectivity index (χ1n) is 11.0. The van der Waals surface area contributed by atoms with Crippen molar-refractivity contribution in [3.63, 3.8) is 0 Å². The summed E-state index contributed by atoms with van der Waals surface area (Å²) in [6, 6.07) is 3.80. The molecular formula is C23H31N3O4. The highest BCUT2D eigenvalue weighted by atomic mass is 16.5. The smallest absolute Gasteiger partial charge is 0.287 e. The number of furan rings is 1. The van der Waals surface area contributed by atoms with Gasteiger partial charge < -0.3 is 19.2 Å². The molecule has 7 heteroatoms. The van der Waals surface area contributed by atoms with E-state index in [2.05, 4.69) is 22.3 Å². The fraction of sp³-hybridized carbons (Fsp3) is 0.609. The molecule has 0 radical (unpaired) electrons. The number of rotatable bonds is 7. The molecule has 1 saturated heterocycles. The molecule has 0 spiro atoms. The second kappa shape index (κ2) is 8.28. The van der Waals surface area contributed by atoms with Crippen molar-refractivity contribution in [2.45, 2.75) is 71.8 Å². The molecule has 2 aromatic rings. The SMILES string of the molecule is CCCN1C(=O)CC[C@]2(CNC(=O)c3ccc(Cc4c(C)noc4C)o3)CCC[C@@H]12. The van der Waals surface area contributed by atoms with Crippen molar-refractivity contribution >= 4 is 11.8 Å². The molecule has 2 aliphatic rings. The molecule has 7 nitrogen and oxygen atoms in total. The van der Waals surface area contributed by atoms with Gasteiger partial charge in [0.2, 0.25) is 5.91 Å². The van der Waals surface area contributed by atoms with Crippen LogP contribution >= 0.6 is 0 Å². The highest BCUT2D eigenvalue weighted by molar-refractivity contribution is 5.91. The third-order valence-corrected chi connectivity index (χ3v) is 6.88. The van der Waals surface area contributed by atoms with Gasteiger partial charge in [-0.25, -0.2) is 0 Å². The van der Waals surface area contributed by atoms with Crippen LogP contribution in [0.1, 0.15) is 78.8 Å². The largest absolute Gasteiger partial charge is 0.456 e. The number of amides is 2. The van der Waals surface area contributed by atoms with E-state index in [9.17, 15) is 9.59 Å². The zero-order valence-electron chi connectivity index (χ0n) is 18.1. The standard InChI is InChI=1S/C23H31N3O4/c1-4-12-26-20-6-5-10-23(20,11-9-21(26)27)14-24-22(28)19-8-7-17(29-19)13-18-15(2)25-30-16(18)3/h7-8,20H,4-6,9-14H2,1-3H3,(H,24,28)/t20-,23+/m1/s1. The molecule has 162 valence electrons. The molecule has 4 rings (SSSR count). The summed E-state index contributed by atoms with van der Waals surface area (Å²) in [5.74, 6) is 1.87. The Kier molecular flexibility index (Phi) is 5.71. The molecule has 1 aliphatic carbocycles. The summed E-state index contributed by atoms with van der Waals surface area (Å²) in [5, 5.41) is 7.07. The van der Waals surface area contributed by atoms with Gasteiger partial charge in [0.15, 0.2) is 5.76 Å². The summed E-state index contributed by atoms with van der Waals surface area (Å²) in [6.45, 7) is 7.28. The lowest BCUT2D eigenvalue weighted by Gasteiger charge is -2.46. The molecule has 2 fully saturated rings. The van der Waals surface area contributed by atoms with Gasteiger partial charge in [-0.3, -0.25) is 9.59 Å². The van der Waals surface area contributed by atoms with Crippen molar-refractivity contribution in [1.82, 2.24) is 15.4 Å². The number of carbonyl (C=O) groups excluding carboxylic acids is 2. The van der Waals surface area contributed by atoms with Crippen LogP contribution in [0.25, 0.3) is 0 Å². The van der Waals surface area contributed by atoms with E-state index in [0.29, 0.717) is 30.9 Å². The molecule has 1 N–H and O–H groups in total. The number of carbonyl (C=O) groups is 2. The fourth-order valence-electron chi connectivity index (χ4n) is 5.25. The molecule has 2 aromatic heterocycles. The van der Waals surface area contributed by atoms with E-state index in [1.54, 1.807) is 6.07 Å². The van der Waals surface area contributed by atoms with Crippen LogP contribution in [-0.2, 0) is 11.2 Å². The average molecular weight is 414 g/mol. The first kappa shape index (κ1) is 20.7. The number of piperidine rings is 1. The summed E-state index contributed by atoms with van der Waals surface area (Å²) in [7, 11) is 0. The van der Waals surface area contributed by atoms with Gasteiger partial charge >= 0.3 is 0 Å². The highest BCUT2D eigenvalue weighted by Gasteiger charge is 2.50. The second-order valence-electron chi connectivity index (χ2n) is 8.79. The minimum Gasteiger partial charge on any atom is -0.456 e. The van der Waals surface area contributed by atoms with Crippen molar-refractivity contribution < 1.29 is 18.5 Å². The maximum Gasteiger partial charge on any atom is 0.287 e. The minimum absolute atomic E-state index is 0.00908. The van der Waals surface area contributed by atoms with E-state index in [1.807, 2.05) is 19.9 Å². The number of hydrogen-bond donors (Lipinski definition) is 1. The minimum atomic E-state index is -0.195. The summed E-state index contributed by atoms with van der Waals surface area (Å²) in [4.78, 5) is 27.3. The summed E-state index contributed by atoms with van der Waals surface area (Å²) < 4.78 is 11.0. The normalized spacial score (nSPS) is 23.6. The van der Waals surface area contributed by atoms with Gasteiger partial charge in [-0.2, -0.15) is 0 Å². The van der Waals surface area contributed by atoms with Crippen LogP contribution in [0.4, 0.5) is 0 Å². The molecule has 1 aliphatic heterocycles. The van der Waals surface area contributed by atoms with Crippen molar-refractivity contribution in [3.8, 4) is 0 Å². The Labute approximate surface area is 177 Å². The van der Waals surface area contributed by atoms with E-state index in [-0.39, 0.29) is 23.3 Å². The third kappa shape index (κ3) is 3.77. The number of fused-ring (bicyclic) bond motifs is 1. The Morgan fingerprint density at radius 2 is 2.17 bits per heavy atom. The molecule has 0 unspecified atom stereocenters. The van der Waals surface area contributed by atoms with E-state index in [0.717, 1.165) is 55.7 Å². The molecule has 0 bridgehead atoms. The zero-order chi connectivity index (χ0) is 21.3. The number of aryl methyl sites for hydroxylation is 2. The summed E-state index contributed by atoms with van der Waals surface area (Å²) >= 11 is 0. The quantitative estimate of drug-likeness (QED) is 0.746. The number of nitrogens with zero attached hydrogens (tertiary/aromatic N) is 2. The van der Waals surface area contributed by atoms with Crippen molar-refractivity contribution in [3.05, 3.63) is 40.7 Å². The van der Waals surface area contributed by atoms with Gasteiger partial charge in [0, 0.05) is 43.0 Å². The third-order valence-electron chi connectivity index (χ3n) is 6.88. The molecule has 30 heavy (non-hydrogen) atoms. The van der Waals surface area contributed by atoms with Gasteiger partial charge in [-0.15, -0.1) is 0 Å². The lowest BCUT2D eigenvalue weighted by molar-refractivity contribution is -0.141. The maximum absolute atomic E-state index is 12.8. The Morgan fingerprint density at radius 3 is 2.90 bits per heavy atom. The predicted molar refractivity (Wildman–Crippen MR) is 111 cm³/mol. The Bertz CT molecular complexity index is 911. The molecule has 1 saturated carbocycles. The van der Waals surface area contributed by atoms with Crippen LogP contribution in [-0.4, -0.2) is 41.0 Å². The Morgan fingerprint density at radius 1 is 1.33 bits per heavy atom. The van der Waals surface area contributed by atoms with Gasteiger partial charge in [0.1, 0.15) is 11.5 Å². The number of aromatic nitrogens is 1. The van der Waals surface area contributed by atoms with Crippen LogP contribution in [0, 0.1) is 19.3 Å². The van der Waals surface area contributed by atoms with Crippen LogP contribution in [0.15, 0.2) is 21.1 Å². The predicted octanol–water partition coefficient (Wildman–Crippen LogP) is 3.78. The highest BCUT2D eigenvalue weighted by Crippen LogP contribution is 2.47. The van der Waals surface area contributed by atoms with Gasteiger partial charge in [0.05, 0.1) is 5.69 Å². The van der Waals surface area contributed by atoms with Gasteiger partial charge in [-0.1, -0.05) is 18.5 Å². The molecule has 0 aromatic carbocycles. The van der Waals surface area contributed by atoms with Crippen LogP contribution in [0.5, 0.6) is 0 Å². The number of nitrogens with one attached hydrogen (secondary N) is 1. The summed E-state index contributed by atoms with van der Waals surface area (Å²) in [5.41, 5.74) is 1.82. The lowest BCUT2D eigenvalue weighted by Crippen LogP contribution is -2.56. The van der Waals surface area contributed by atoms with E-state index < -0.39 is 0 Å². The van der Waals surface area contributed by atoms with E-state index in [4.69, 9.17) is 8.94 Å². The van der Waals surface area contributed by atoms with E-state index >= 15 is 0 Å². The Hall–Kier alpha value is -2.57. The van der Waals surface area contributed by atoms with Gasteiger partial charge in [-0.05, 0) is 51.7 Å². The molecule has 2 atom stereocenters. The van der Waals surface area contributed by atoms with Crippen LogP contribution in [0.2, 0.25) is 0 Å². The Balaban J connectivity index is 1.41. The monoisotopic (exact) mass is 413 g/mol. The van der Waals surface area contributed by atoms with E-state index in [1.165, 1.54) is 0 Å². The number of likely N-dealkylation sites (tertiary alicyclic amines) is 1. The topological polar surface area (TPSA) is 88.6 Å². The van der Waals surface area contributed by atoms with Crippen molar-refractivity contribution in [2.75, 3.05) is 13.1 Å². The first-order valence-corrected chi connectivity index (χ1v) is 11.0. The van der Waals surface area contributed by atoms with Crippen LogP contribution in [0.3, 0.4) is 0 Å². The lowest BCUT2D eigenvalue weighted by atomic mass is 9.74. The zero-order valence-corrected chi connectivity index (χ0v) is 18.1. The maximum atomic E-state index is 12.8. The first-order chi connectivity index (χ1) is 14.4. The molecule has 2 amide bonds. The van der Waals surface area contributed by atoms with Gasteiger partial charge in [0.25, 0.3) is 5.91 Å². The second-order valence-corrected chi connectivity index (χ2v) is 8.79. The number of hydrogen-bond acceptors (Lipinski definition) is 5. The fourth-order valence-corrected chi connectivity index (χ4v) is 5.25. The van der Waals surface area contributed by atoms with Crippen molar-refractivity contribution in [2.24, 2.45) is 5.41 Å². The molecule has 3 heterocycles. The summed E-state index contributed by atoms with van der Waals surface area (Å²) in [6.07, 6.45) is 6.14. The van der Waals surface area contributed by atoms with Crippen LogP contribution < -0.4 is 5.32 Å².